The number of cyclic esters (lactones) is 1. The van der Waals surface area contributed by atoms with E-state index in [0.717, 1.165) is 7.11 Å². The third-order valence-electron chi connectivity index (χ3n) is 4.11. The minimum atomic E-state index is -1.88. The van der Waals surface area contributed by atoms with Crippen LogP contribution >= 0.6 is 11.6 Å². The molecule has 27 heavy (non-hydrogen) atoms. The molecule has 1 unspecified atom stereocenters. The second-order valence-corrected chi connectivity index (χ2v) is 6.11. The highest BCUT2D eigenvalue weighted by atomic mass is 35.5. The number of benzene rings is 2. The molecule has 0 aromatic heterocycles. The maximum atomic E-state index is 12.6. The van der Waals surface area contributed by atoms with Gasteiger partial charge in [-0.05, 0) is 29.8 Å². The lowest BCUT2D eigenvalue weighted by Gasteiger charge is -2.25. The van der Waals surface area contributed by atoms with E-state index in [0.29, 0.717) is 10.6 Å². The van der Waals surface area contributed by atoms with Crippen LogP contribution in [0.3, 0.4) is 0 Å². The smallest absolute Gasteiger partial charge is 0.341 e. The summed E-state index contributed by atoms with van der Waals surface area (Å²) in [5.41, 5.74) is 4.49. The first kappa shape index (κ1) is 18.6. The molecule has 0 spiro atoms. The van der Waals surface area contributed by atoms with Crippen LogP contribution in [0.15, 0.2) is 54.1 Å². The number of esters is 2. The summed E-state index contributed by atoms with van der Waals surface area (Å²) in [6.45, 7) is 0. The SMILES string of the molecule is COC(=O)C1=C(c2ccc([N+](=O)[O-])cc2)C(=O)OC1(N)c1ccc(Cl)cc1. The number of nitrogens with two attached hydrogens (primary N) is 1. The molecule has 0 aliphatic carbocycles. The van der Waals surface area contributed by atoms with Crippen LogP contribution in [0, 0.1) is 10.1 Å². The maximum absolute atomic E-state index is 12.6. The van der Waals surface area contributed by atoms with E-state index in [4.69, 9.17) is 26.8 Å². The van der Waals surface area contributed by atoms with Gasteiger partial charge in [-0.2, -0.15) is 0 Å². The van der Waals surface area contributed by atoms with Gasteiger partial charge in [0.25, 0.3) is 5.69 Å². The number of ether oxygens (including phenoxy) is 2. The fourth-order valence-corrected chi connectivity index (χ4v) is 2.93. The number of halogens is 1. The van der Waals surface area contributed by atoms with Gasteiger partial charge in [-0.15, -0.1) is 0 Å². The molecule has 0 saturated carbocycles. The van der Waals surface area contributed by atoms with Gasteiger partial charge < -0.3 is 9.47 Å². The standard InChI is InChI=1S/C18H13ClN2O6/c1-26-17(23)15-14(10-2-8-13(9-3-10)21(24)25)16(22)27-18(15,20)11-4-6-12(19)7-5-11/h2-9H,20H2,1H3. The molecular weight excluding hydrogens is 376 g/mol. The highest BCUT2D eigenvalue weighted by molar-refractivity contribution is 6.30. The minimum absolute atomic E-state index is 0.116. The summed E-state index contributed by atoms with van der Waals surface area (Å²) in [6.07, 6.45) is 0. The van der Waals surface area contributed by atoms with Crippen LogP contribution < -0.4 is 5.73 Å². The van der Waals surface area contributed by atoms with E-state index >= 15 is 0 Å². The van der Waals surface area contributed by atoms with Crippen molar-refractivity contribution in [3.05, 3.63) is 80.4 Å². The normalized spacial score (nSPS) is 19.0. The predicted molar refractivity (Wildman–Crippen MR) is 95.4 cm³/mol. The first-order valence-corrected chi connectivity index (χ1v) is 8.02. The van der Waals surface area contributed by atoms with Gasteiger partial charge in [-0.25, -0.2) is 9.59 Å². The Morgan fingerprint density at radius 2 is 1.78 bits per heavy atom. The van der Waals surface area contributed by atoms with E-state index in [1.54, 1.807) is 0 Å². The van der Waals surface area contributed by atoms with Crippen LogP contribution in [-0.2, 0) is 24.8 Å². The van der Waals surface area contributed by atoms with Gasteiger partial charge in [0.2, 0.25) is 5.72 Å². The molecule has 2 N–H and O–H groups in total. The Morgan fingerprint density at radius 1 is 1.19 bits per heavy atom. The van der Waals surface area contributed by atoms with Crippen LogP contribution in [0.5, 0.6) is 0 Å². The average Bonchev–Trinajstić information content (AvgIpc) is 2.93. The Balaban J connectivity index is 2.20. The van der Waals surface area contributed by atoms with Crippen molar-refractivity contribution in [2.75, 3.05) is 7.11 Å². The highest BCUT2D eigenvalue weighted by Crippen LogP contribution is 2.42. The van der Waals surface area contributed by atoms with Gasteiger partial charge in [0.05, 0.1) is 17.6 Å². The number of carbonyl (C=O) groups excluding carboxylic acids is 2. The molecule has 1 atom stereocenters. The van der Waals surface area contributed by atoms with Crippen molar-refractivity contribution in [2.45, 2.75) is 5.72 Å². The second kappa shape index (κ2) is 6.82. The molecule has 1 aliphatic rings. The van der Waals surface area contributed by atoms with Crippen molar-refractivity contribution in [1.29, 1.82) is 0 Å². The lowest BCUT2D eigenvalue weighted by Crippen LogP contribution is -2.42. The first-order valence-electron chi connectivity index (χ1n) is 7.64. The van der Waals surface area contributed by atoms with Crippen molar-refractivity contribution in [3.63, 3.8) is 0 Å². The molecule has 0 fully saturated rings. The fraction of sp³-hybridized carbons (Fsp3) is 0.111. The monoisotopic (exact) mass is 388 g/mol. The van der Waals surface area contributed by atoms with Gasteiger partial charge in [-0.3, -0.25) is 15.8 Å². The number of rotatable bonds is 4. The van der Waals surface area contributed by atoms with Crippen LogP contribution in [0.2, 0.25) is 5.02 Å². The largest absolute Gasteiger partial charge is 0.465 e. The van der Waals surface area contributed by atoms with Gasteiger partial charge in [0, 0.05) is 22.7 Å². The van der Waals surface area contributed by atoms with Crippen molar-refractivity contribution >= 4 is 34.8 Å². The molecule has 0 amide bonds. The van der Waals surface area contributed by atoms with E-state index in [1.165, 1.54) is 48.5 Å². The van der Waals surface area contributed by atoms with Crippen molar-refractivity contribution in [3.8, 4) is 0 Å². The zero-order chi connectivity index (χ0) is 19.8. The topological polar surface area (TPSA) is 122 Å². The van der Waals surface area contributed by atoms with Crippen LogP contribution in [0.1, 0.15) is 11.1 Å². The van der Waals surface area contributed by atoms with Crippen molar-refractivity contribution < 1.29 is 24.0 Å². The first-order chi connectivity index (χ1) is 12.8. The molecule has 138 valence electrons. The minimum Gasteiger partial charge on any atom is -0.465 e. The second-order valence-electron chi connectivity index (χ2n) is 5.68. The molecule has 0 radical (unpaired) electrons. The van der Waals surface area contributed by atoms with Gasteiger partial charge in [0.15, 0.2) is 0 Å². The molecule has 2 aromatic carbocycles. The molecule has 1 aliphatic heterocycles. The molecular formula is C18H13ClN2O6. The molecule has 2 aromatic rings. The average molecular weight is 389 g/mol. The number of hydrogen-bond donors (Lipinski definition) is 1. The van der Waals surface area contributed by atoms with Crippen LogP contribution in [-0.4, -0.2) is 24.0 Å². The van der Waals surface area contributed by atoms with E-state index in [1.807, 2.05) is 0 Å². The number of nitro groups is 1. The van der Waals surface area contributed by atoms with Crippen LogP contribution in [0.25, 0.3) is 5.57 Å². The zero-order valence-corrected chi connectivity index (χ0v) is 14.7. The van der Waals surface area contributed by atoms with E-state index in [-0.39, 0.29) is 22.4 Å². The Bertz CT molecular complexity index is 968. The number of carbonyl (C=O) groups is 2. The number of non-ortho nitro benzene ring substituents is 1. The molecule has 0 saturated heterocycles. The maximum Gasteiger partial charge on any atom is 0.341 e. The lowest BCUT2D eigenvalue weighted by molar-refractivity contribution is -0.384. The predicted octanol–water partition coefficient (Wildman–Crippen LogP) is 2.54. The number of nitrogens with zero attached hydrogens (tertiary/aromatic N) is 1. The Labute approximate surface area is 158 Å². The molecule has 1 heterocycles. The molecule has 3 rings (SSSR count). The summed E-state index contributed by atoms with van der Waals surface area (Å²) in [7, 11) is 1.15. The molecule has 8 nitrogen and oxygen atoms in total. The number of methoxy groups -OCH3 is 1. The third-order valence-corrected chi connectivity index (χ3v) is 4.36. The zero-order valence-electron chi connectivity index (χ0n) is 14.0. The molecule has 9 heteroatoms. The van der Waals surface area contributed by atoms with Gasteiger partial charge >= 0.3 is 11.9 Å². The number of hydrogen-bond acceptors (Lipinski definition) is 7. The van der Waals surface area contributed by atoms with E-state index in [2.05, 4.69) is 0 Å². The van der Waals surface area contributed by atoms with Crippen LogP contribution in [0.4, 0.5) is 5.69 Å². The Morgan fingerprint density at radius 3 is 2.30 bits per heavy atom. The summed E-state index contributed by atoms with van der Waals surface area (Å²) in [5, 5.41) is 11.3. The quantitative estimate of drug-likeness (QED) is 0.485. The van der Waals surface area contributed by atoms with Gasteiger partial charge in [-0.1, -0.05) is 23.7 Å². The Hall–Kier alpha value is -3.23. The third kappa shape index (κ3) is 3.16. The van der Waals surface area contributed by atoms with Crippen molar-refractivity contribution in [1.82, 2.24) is 0 Å². The lowest BCUT2D eigenvalue weighted by atomic mass is 9.90. The molecule has 0 bridgehead atoms. The highest BCUT2D eigenvalue weighted by Gasteiger charge is 2.50. The summed E-state index contributed by atoms with van der Waals surface area (Å²) < 4.78 is 10.1. The fourth-order valence-electron chi connectivity index (χ4n) is 2.80. The Kier molecular flexibility index (Phi) is 4.69. The van der Waals surface area contributed by atoms with Crippen molar-refractivity contribution in [2.24, 2.45) is 5.73 Å². The number of nitro benzene ring substituents is 1. The van der Waals surface area contributed by atoms with E-state index < -0.39 is 22.6 Å². The summed E-state index contributed by atoms with van der Waals surface area (Å²) in [6, 6.07) is 11.2. The summed E-state index contributed by atoms with van der Waals surface area (Å²) in [5.74, 6) is -1.70. The van der Waals surface area contributed by atoms with E-state index in [9.17, 15) is 19.7 Å². The van der Waals surface area contributed by atoms with Gasteiger partial charge in [0.1, 0.15) is 5.57 Å². The summed E-state index contributed by atoms with van der Waals surface area (Å²) in [4.78, 5) is 35.3. The summed E-state index contributed by atoms with van der Waals surface area (Å²) >= 11 is 5.88.